The van der Waals surface area contributed by atoms with Crippen molar-refractivity contribution in [2.45, 2.75) is 32.8 Å². The van der Waals surface area contributed by atoms with Crippen LogP contribution in [-0.2, 0) is 9.53 Å². The van der Waals surface area contributed by atoms with Gasteiger partial charge in [-0.2, -0.15) is 0 Å². The van der Waals surface area contributed by atoms with E-state index in [1.54, 1.807) is 32.0 Å². The van der Waals surface area contributed by atoms with Crippen LogP contribution < -0.4 is 5.32 Å². The summed E-state index contributed by atoms with van der Waals surface area (Å²) in [5.41, 5.74) is 1.89. The third kappa shape index (κ3) is 4.71. The van der Waals surface area contributed by atoms with E-state index in [0.29, 0.717) is 17.7 Å². The van der Waals surface area contributed by atoms with Gasteiger partial charge in [-0.3, -0.25) is 4.79 Å². The first kappa shape index (κ1) is 15.2. The highest BCUT2D eigenvalue weighted by molar-refractivity contribution is 5.94. The molecule has 0 aliphatic heterocycles. The van der Waals surface area contributed by atoms with Gasteiger partial charge in [0.2, 0.25) is 5.91 Å². The van der Waals surface area contributed by atoms with Crippen LogP contribution in [0.1, 0.15) is 35.7 Å². The summed E-state index contributed by atoms with van der Waals surface area (Å²) in [5.74, 6) is -0.565. The summed E-state index contributed by atoms with van der Waals surface area (Å²) in [6, 6.07) is 4.93. The predicted molar refractivity (Wildman–Crippen MR) is 72.1 cm³/mol. The number of methoxy groups -OCH3 is 1. The van der Waals surface area contributed by atoms with E-state index in [4.69, 9.17) is 5.11 Å². The molecule has 5 heteroatoms. The normalized spacial score (nSPS) is 11.8. The van der Waals surface area contributed by atoms with Gasteiger partial charge in [-0.15, -0.1) is 0 Å². The standard InChI is InChI=1S/C14H19NO4/c1-9-8-11(14(18)19-3)5-6-12(9)15-13(17)7-4-10(2)16/h5-6,8,10,16H,4,7H2,1-3H3,(H,15,17). The monoisotopic (exact) mass is 265 g/mol. The Morgan fingerprint density at radius 2 is 2.11 bits per heavy atom. The Balaban J connectivity index is 2.69. The van der Waals surface area contributed by atoms with Crippen LogP contribution in [0.3, 0.4) is 0 Å². The van der Waals surface area contributed by atoms with Crippen LogP contribution in [0, 0.1) is 6.92 Å². The number of carbonyl (C=O) groups is 2. The Labute approximate surface area is 112 Å². The largest absolute Gasteiger partial charge is 0.465 e. The first-order chi connectivity index (χ1) is 8.93. The number of aliphatic hydroxyl groups excluding tert-OH is 1. The van der Waals surface area contributed by atoms with Gasteiger partial charge in [-0.1, -0.05) is 0 Å². The highest BCUT2D eigenvalue weighted by Crippen LogP contribution is 2.17. The van der Waals surface area contributed by atoms with Gasteiger partial charge in [0.05, 0.1) is 18.8 Å². The lowest BCUT2D eigenvalue weighted by Crippen LogP contribution is -2.15. The molecule has 5 nitrogen and oxygen atoms in total. The molecule has 1 rings (SSSR count). The number of benzene rings is 1. The number of aliphatic hydroxyl groups is 1. The number of amides is 1. The van der Waals surface area contributed by atoms with Gasteiger partial charge in [-0.05, 0) is 44.0 Å². The summed E-state index contributed by atoms with van der Waals surface area (Å²) in [7, 11) is 1.32. The zero-order chi connectivity index (χ0) is 14.4. The fourth-order valence-corrected chi connectivity index (χ4v) is 1.60. The van der Waals surface area contributed by atoms with E-state index in [1.165, 1.54) is 7.11 Å². The van der Waals surface area contributed by atoms with Crippen molar-refractivity contribution in [1.82, 2.24) is 0 Å². The lowest BCUT2D eigenvalue weighted by molar-refractivity contribution is -0.116. The molecule has 0 saturated carbocycles. The fourth-order valence-electron chi connectivity index (χ4n) is 1.60. The second-order valence-electron chi connectivity index (χ2n) is 4.46. The first-order valence-corrected chi connectivity index (χ1v) is 6.11. The summed E-state index contributed by atoms with van der Waals surface area (Å²) in [6.45, 7) is 3.44. The minimum absolute atomic E-state index is 0.158. The number of nitrogens with one attached hydrogen (secondary N) is 1. The average molecular weight is 265 g/mol. The molecule has 0 fully saturated rings. The molecule has 1 unspecified atom stereocenters. The average Bonchev–Trinajstić information content (AvgIpc) is 2.37. The molecule has 19 heavy (non-hydrogen) atoms. The number of rotatable bonds is 5. The van der Waals surface area contributed by atoms with Gasteiger partial charge in [-0.25, -0.2) is 4.79 Å². The van der Waals surface area contributed by atoms with Gasteiger partial charge >= 0.3 is 5.97 Å². The van der Waals surface area contributed by atoms with Crippen molar-refractivity contribution in [3.63, 3.8) is 0 Å². The van der Waals surface area contributed by atoms with Crippen molar-refractivity contribution >= 4 is 17.6 Å². The molecule has 0 heterocycles. The molecule has 1 aromatic rings. The number of aryl methyl sites for hydroxylation is 1. The van der Waals surface area contributed by atoms with Crippen LogP contribution in [0.5, 0.6) is 0 Å². The third-order valence-electron chi connectivity index (χ3n) is 2.71. The van der Waals surface area contributed by atoms with Crippen LogP contribution in [0.25, 0.3) is 0 Å². The van der Waals surface area contributed by atoms with Crippen LogP contribution in [0.4, 0.5) is 5.69 Å². The lowest BCUT2D eigenvalue weighted by atomic mass is 10.1. The van der Waals surface area contributed by atoms with Crippen LogP contribution in [0.2, 0.25) is 0 Å². The summed E-state index contributed by atoms with van der Waals surface area (Å²) in [5, 5.41) is 11.9. The summed E-state index contributed by atoms with van der Waals surface area (Å²) < 4.78 is 4.62. The first-order valence-electron chi connectivity index (χ1n) is 6.11. The maximum atomic E-state index is 11.6. The van der Waals surface area contributed by atoms with Gasteiger partial charge in [0.15, 0.2) is 0 Å². The molecule has 1 aromatic carbocycles. The molecule has 0 aliphatic carbocycles. The Bertz CT molecular complexity index is 469. The van der Waals surface area contributed by atoms with Crippen molar-refractivity contribution < 1.29 is 19.4 Å². The molecule has 0 spiro atoms. The molecule has 0 aromatic heterocycles. The highest BCUT2D eigenvalue weighted by atomic mass is 16.5. The predicted octanol–water partition coefficient (Wildman–Crippen LogP) is 1.88. The van der Waals surface area contributed by atoms with Crippen molar-refractivity contribution in [3.8, 4) is 0 Å². The zero-order valence-corrected chi connectivity index (χ0v) is 11.4. The Morgan fingerprint density at radius 3 is 2.63 bits per heavy atom. The van der Waals surface area contributed by atoms with Crippen LogP contribution in [0.15, 0.2) is 18.2 Å². The second kappa shape index (κ2) is 6.89. The molecule has 0 radical (unpaired) electrons. The molecule has 1 amide bonds. The molecule has 0 saturated heterocycles. The van der Waals surface area contributed by atoms with Crippen molar-refractivity contribution in [2.24, 2.45) is 0 Å². The number of hydrogen-bond acceptors (Lipinski definition) is 4. The SMILES string of the molecule is COC(=O)c1ccc(NC(=O)CCC(C)O)c(C)c1. The number of anilines is 1. The molecule has 0 aliphatic rings. The quantitative estimate of drug-likeness (QED) is 0.797. The fraction of sp³-hybridized carbons (Fsp3) is 0.429. The van der Waals surface area contributed by atoms with E-state index in [-0.39, 0.29) is 12.3 Å². The van der Waals surface area contributed by atoms with E-state index in [9.17, 15) is 9.59 Å². The topological polar surface area (TPSA) is 75.6 Å². The van der Waals surface area contributed by atoms with Crippen LogP contribution in [-0.4, -0.2) is 30.2 Å². The molecule has 1 atom stereocenters. The Morgan fingerprint density at radius 1 is 1.42 bits per heavy atom. The molecule has 0 bridgehead atoms. The van der Waals surface area contributed by atoms with E-state index in [0.717, 1.165) is 5.56 Å². The smallest absolute Gasteiger partial charge is 0.337 e. The van der Waals surface area contributed by atoms with Crippen LogP contribution >= 0.6 is 0 Å². The zero-order valence-electron chi connectivity index (χ0n) is 11.4. The van der Waals surface area contributed by atoms with Gasteiger partial charge in [0.1, 0.15) is 0 Å². The summed E-state index contributed by atoms with van der Waals surface area (Å²) in [4.78, 5) is 23.0. The number of esters is 1. The Kier molecular flexibility index (Phi) is 5.51. The minimum atomic E-state index is -0.492. The summed E-state index contributed by atoms with van der Waals surface area (Å²) in [6.07, 6.45) is 0.189. The maximum absolute atomic E-state index is 11.6. The highest BCUT2D eigenvalue weighted by Gasteiger charge is 2.10. The van der Waals surface area contributed by atoms with Crippen molar-refractivity contribution in [3.05, 3.63) is 29.3 Å². The lowest BCUT2D eigenvalue weighted by Gasteiger charge is -2.10. The molecule has 104 valence electrons. The molecular weight excluding hydrogens is 246 g/mol. The summed E-state index contributed by atoms with van der Waals surface area (Å²) >= 11 is 0. The molecule has 2 N–H and O–H groups in total. The van der Waals surface area contributed by atoms with Crippen molar-refractivity contribution in [2.75, 3.05) is 12.4 Å². The number of carbonyl (C=O) groups excluding carboxylic acids is 2. The number of hydrogen-bond donors (Lipinski definition) is 2. The van der Waals surface area contributed by atoms with E-state index >= 15 is 0 Å². The second-order valence-corrected chi connectivity index (χ2v) is 4.46. The molecular formula is C14H19NO4. The minimum Gasteiger partial charge on any atom is -0.465 e. The van der Waals surface area contributed by atoms with Gasteiger partial charge in [0, 0.05) is 12.1 Å². The van der Waals surface area contributed by atoms with E-state index in [2.05, 4.69) is 10.1 Å². The third-order valence-corrected chi connectivity index (χ3v) is 2.71. The Hall–Kier alpha value is -1.88. The van der Waals surface area contributed by atoms with E-state index < -0.39 is 12.1 Å². The maximum Gasteiger partial charge on any atom is 0.337 e. The van der Waals surface area contributed by atoms with Gasteiger partial charge in [0.25, 0.3) is 0 Å². The van der Waals surface area contributed by atoms with Gasteiger partial charge < -0.3 is 15.2 Å². The number of ether oxygens (including phenoxy) is 1. The van der Waals surface area contributed by atoms with Crippen molar-refractivity contribution in [1.29, 1.82) is 0 Å². The van der Waals surface area contributed by atoms with E-state index in [1.807, 2.05) is 0 Å².